The second kappa shape index (κ2) is 8.96. The molecule has 3 atom stereocenters. The van der Waals surface area contributed by atoms with Gasteiger partial charge < -0.3 is 20.5 Å². The summed E-state index contributed by atoms with van der Waals surface area (Å²) in [7, 11) is 0. The fourth-order valence-corrected chi connectivity index (χ4v) is 3.02. The maximum Gasteiger partial charge on any atom is 0.223 e. The van der Waals surface area contributed by atoms with E-state index in [0.717, 1.165) is 18.4 Å². The summed E-state index contributed by atoms with van der Waals surface area (Å²) >= 11 is 0. The number of benzene rings is 1. The minimum atomic E-state index is -0.532. The highest BCUT2D eigenvalue weighted by Crippen LogP contribution is 2.32. The molecule has 1 heterocycles. The Morgan fingerprint density at radius 1 is 1.08 bits per heavy atom. The molecule has 26 heavy (non-hydrogen) atoms. The van der Waals surface area contributed by atoms with Crippen LogP contribution in [-0.2, 0) is 20.9 Å². The van der Waals surface area contributed by atoms with Crippen LogP contribution in [0.2, 0.25) is 0 Å². The van der Waals surface area contributed by atoms with E-state index in [1.54, 1.807) is 6.08 Å². The molecule has 0 bridgehead atoms. The van der Waals surface area contributed by atoms with Crippen molar-refractivity contribution in [1.29, 1.82) is 0 Å². The van der Waals surface area contributed by atoms with Crippen LogP contribution in [0.25, 0.3) is 0 Å². The Bertz CT molecular complexity index is 642. The Morgan fingerprint density at radius 2 is 1.85 bits per heavy atom. The summed E-state index contributed by atoms with van der Waals surface area (Å²) in [5.41, 5.74) is 1.03. The van der Waals surface area contributed by atoms with E-state index < -0.39 is 12.2 Å². The molecule has 0 unspecified atom stereocenters. The fourth-order valence-electron chi connectivity index (χ4n) is 3.02. The highest BCUT2D eigenvalue weighted by Gasteiger charge is 2.31. The molecule has 3 rings (SSSR count). The van der Waals surface area contributed by atoms with Gasteiger partial charge in [-0.25, -0.2) is 0 Å². The standard InChI is InChI=1S/C20H26N2O4/c23-13-18-17(22-20(25)10-14-6-7-14)9-8-16(26-18)11-19(24)21-12-15-4-2-1-3-5-15/h1-5,8-9,14,16-18,23H,6-7,10-13H2,(H,21,24)(H,22,25)/t16-,17-,18+/m0/s1. The Balaban J connectivity index is 1.45. The number of rotatable bonds is 8. The third kappa shape index (κ3) is 5.68. The zero-order chi connectivity index (χ0) is 18.4. The smallest absolute Gasteiger partial charge is 0.223 e. The lowest BCUT2D eigenvalue weighted by atomic mass is 10.0. The van der Waals surface area contributed by atoms with E-state index in [4.69, 9.17) is 4.74 Å². The average Bonchev–Trinajstić information content (AvgIpc) is 3.46. The molecule has 6 heteroatoms. The highest BCUT2D eigenvalue weighted by molar-refractivity contribution is 5.77. The summed E-state index contributed by atoms with van der Waals surface area (Å²) in [5, 5.41) is 15.3. The molecule has 1 aliphatic carbocycles. The van der Waals surface area contributed by atoms with Gasteiger partial charge in [-0.15, -0.1) is 0 Å². The molecular formula is C20H26N2O4. The minimum Gasteiger partial charge on any atom is -0.394 e. The molecule has 140 valence electrons. The molecule has 1 aromatic rings. The number of hydrogen-bond acceptors (Lipinski definition) is 4. The van der Waals surface area contributed by atoms with E-state index in [1.807, 2.05) is 36.4 Å². The first-order chi connectivity index (χ1) is 12.6. The van der Waals surface area contributed by atoms with E-state index >= 15 is 0 Å². The predicted octanol–water partition coefficient (Wildman–Crippen LogP) is 1.29. The van der Waals surface area contributed by atoms with Crippen LogP contribution in [0.15, 0.2) is 42.5 Å². The quantitative estimate of drug-likeness (QED) is 0.611. The largest absolute Gasteiger partial charge is 0.394 e. The molecule has 0 spiro atoms. The molecule has 0 radical (unpaired) electrons. The van der Waals surface area contributed by atoms with E-state index in [1.165, 1.54) is 0 Å². The van der Waals surface area contributed by atoms with Gasteiger partial charge in [-0.05, 0) is 24.3 Å². The number of ether oxygens (including phenoxy) is 1. The van der Waals surface area contributed by atoms with E-state index in [0.29, 0.717) is 18.9 Å². The Kier molecular flexibility index (Phi) is 6.41. The zero-order valence-corrected chi connectivity index (χ0v) is 14.8. The van der Waals surface area contributed by atoms with E-state index in [-0.39, 0.29) is 30.9 Å². The van der Waals surface area contributed by atoms with Crippen molar-refractivity contribution in [3.8, 4) is 0 Å². The number of aliphatic hydroxyl groups excluding tert-OH is 1. The molecule has 0 saturated heterocycles. The van der Waals surface area contributed by atoms with Crippen LogP contribution in [0.3, 0.4) is 0 Å². The van der Waals surface area contributed by atoms with Crippen molar-refractivity contribution in [2.45, 2.75) is 50.5 Å². The monoisotopic (exact) mass is 358 g/mol. The molecule has 1 fully saturated rings. The van der Waals surface area contributed by atoms with Crippen molar-refractivity contribution in [3.05, 3.63) is 48.0 Å². The Morgan fingerprint density at radius 3 is 2.54 bits per heavy atom. The number of carbonyl (C=O) groups is 2. The van der Waals surface area contributed by atoms with Crippen LogP contribution in [0, 0.1) is 5.92 Å². The SMILES string of the molecule is O=C(C[C@@H]1C=C[C@H](NC(=O)CC2CC2)[C@@H](CO)O1)NCc1ccccc1. The maximum atomic E-state index is 12.1. The van der Waals surface area contributed by atoms with Crippen molar-refractivity contribution < 1.29 is 19.4 Å². The third-order valence-electron chi connectivity index (χ3n) is 4.68. The van der Waals surface area contributed by atoms with Crippen LogP contribution in [0.1, 0.15) is 31.2 Å². The normalized spacial score (nSPS) is 24.9. The van der Waals surface area contributed by atoms with Gasteiger partial charge in [0.25, 0.3) is 0 Å². The second-order valence-corrected chi connectivity index (χ2v) is 6.99. The van der Waals surface area contributed by atoms with Gasteiger partial charge in [-0.2, -0.15) is 0 Å². The van der Waals surface area contributed by atoms with Crippen LogP contribution in [-0.4, -0.2) is 41.8 Å². The zero-order valence-electron chi connectivity index (χ0n) is 14.8. The van der Waals surface area contributed by atoms with Gasteiger partial charge in [-0.1, -0.05) is 42.5 Å². The van der Waals surface area contributed by atoms with Crippen LogP contribution >= 0.6 is 0 Å². The maximum absolute atomic E-state index is 12.1. The van der Waals surface area contributed by atoms with Gasteiger partial charge in [0.2, 0.25) is 11.8 Å². The molecule has 2 amide bonds. The molecule has 3 N–H and O–H groups in total. The van der Waals surface area contributed by atoms with Crippen LogP contribution in [0.5, 0.6) is 0 Å². The molecule has 6 nitrogen and oxygen atoms in total. The van der Waals surface area contributed by atoms with Crippen LogP contribution in [0.4, 0.5) is 0 Å². The van der Waals surface area contributed by atoms with Gasteiger partial charge in [0, 0.05) is 13.0 Å². The van der Waals surface area contributed by atoms with Crippen molar-refractivity contribution in [3.63, 3.8) is 0 Å². The van der Waals surface area contributed by atoms with Crippen molar-refractivity contribution in [2.24, 2.45) is 5.92 Å². The average molecular weight is 358 g/mol. The number of carbonyl (C=O) groups excluding carboxylic acids is 2. The number of amides is 2. The van der Waals surface area contributed by atoms with Gasteiger partial charge in [0.15, 0.2) is 0 Å². The van der Waals surface area contributed by atoms with Gasteiger partial charge in [-0.3, -0.25) is 9.59 Å². The lowest BCUT2D eigenvalue weighted by Gasteiger charge is -2.31. The lowest BCUT2D eigenvalue weighted by Crippen LogP contribution is -2.49. The number of nitrogens with one attached hydrogen (secondary N) is 2. The molecule has 1 saturated carbocycles. The van der Waals surface area contributed by atoms with Crippen molar-refractivity contribution >= 4 is 11.8 Å². The first kappa shape index (κ1) is 18.6. The Labute approximate surface area is 153 Å². The van der Waals surface area contributed by atoms with Gasteiger partial charge in [0.1, 0.15) is 6.10 Å². The molecule has 0 aromatic heterocycles. The summed E-state index contributed by atoms with van der Waals surface area (Å²) in [6, 6.07) is 9.34. The predicted molar refractivity (Wildman–Crippen MR) is 97.1 cm³/mol. The van der Waals surface area contributed by atoms with Crippen molar-refractivity contribution in [2.75, 3.05) is 6.61 Å². The molecule has 2 aliphatic rings. The van der Waals surface area contributed by atoms with E-state index in [9.17, 15) is 14.7 Å². The summed E-state index contributed by atoms with van der Waals surface area (Å²) < 4.78 is 5.78. The summed E-state index contributed by atoms with van der Waals surface area (Å²) in [4.78, 5) is 24.1. The molecular weight excluding hydrogens is 332 g/mol. The summed E-state index contributed by atoms with van der Waals surface area (Å²) in [6.45, 7) is 0.264. The number of hydrogen-bond donors (Lipinski definition) is 3. The van der Waals surface area contributed by atoms with Crippen LogP contribution < -0.4 is 10.6 Å². The molecule has 1 aromatic carbocycles. The topological polar surface area (TPSA) is 87.7 Å². The summed E-state index contributed by atoms with van der Waals surface area (Å²) in [6.07, 6.45) is 5.63. The number of aliphatic hydroxyl groups is 1. The van der Waals surface area contributed by atoms with Crippen molar-refractivity contribution in [1.82, 2.24) is 10.6 Å². The first-order valence-electron chi connectivity index (χ1n) is 9.18. The fraction of sp³-hybridized carbons (Fsp3) is 0.500. The second-order valence-electron chi connectivity index (χ2n) is 6.99. The third-order valence-corrected chi connectivity index (χ3v) is 4.68. The van der Waals surface area contributed by atoms with Gasteiger partial charge in [0.05, 0.1) is 25.2 Å². The van der Waals surface area contributed by atoms with Gasteiger partial charge >= 0.3 is 0 Å². The Hall–Kier alpha value is -2.18. The molecule has 1 aliphatic heterocycles. The first-order valence-corrected chi connectivity index (χ1v) is 9.18. The highest BCUT2D eigenvalue weighted by atomic mass is 16.5. The summed E-state index contributed by atoms with van der Waals surface area (Å²) in [5.74, 6) is 0.386. The minimum absolute atomic E-state index is 0.0109. The lowest BCUT2D eigenvalue weighted by molar-refractivity contribution is -0.128. The van der Waals surface area contributed by atoms with E-state index in [2.05, 4.69) is 10.6 Å².